The molecule has 4 heteroatoms. The monoisotopic (exact) mass is 260 g/mol. The fraction of sp³-hybridized carbons (Fsp3) is 0.467. The molecule has 0 amide bonds. The van der Waals surface area contributed by atoms with E-state index in [1.807, 2.05) is 18.3 Å². The van der Waals surface area contributed by atoms with Crippen LogP contribution in [0, 0.1) is 10.1 Å². The van der Waals surface area contributed by atoms with Gasteiger partial charge in [-0.15, -0.1) is 0 Å². The van der Waals surface area contributed by atoms with Gasteiger partial charge in [0.05, 0.1) is 10.4 Å². The van der Waals surface area contributed by atoms with Gasteiger partial charge in [0, 0.05) is 30.3 Å². The van der Waals surface area contributed by atoms with E-state index in [-0.39, 0.29) is 10.6 Å². The van der Waals surface area contributed by atoms with Crippen LogP contribution in [0.2, 0.25) is 0 Å². The van der Waals surface area contributed by atoms with Gasteiger partial charge in [0.15, 0.2) is 0 Å². The Balaban J connectivity index is 2.06. The molecule has 0 bridgehead atoms. The largest absolute Gasteiger partial charge is 0.347 e. The fourth-order valence-electron chi connectivity index (χ4n) is 2.37. The van der Waals surface area contributed by atoms with Gasteiger partial charge in [0.1, 0.15) is 0 Å². The molecular formula is C15H20N2O2. The predicted molar refractivity (Wildman–Crippen MR) is 77.4 cm³/mol. The Kier molecular flexibility index (Phi) is 4.55. The first kappa shape index (κ1) is 13.6. The molecule has 0 N–H and O–H groups in total. The first-order valence-corrected chi connectivity index (χ1v) is 6.95. The van der Waals surface area contributed by atoms with E-state index in [0.29, 0.717) is 0 Å². The Morgan fingerprint density at radius 1 is 1.16 bits per heavy atom. The minimum Gasteiger partial charge on any atom is -0.347 e. The molecule has 0 aliphatic heterocycles. The predicted octanol–water partition coefficient (Wildman–Crippen LogP) is 4.52. The zero-order valence-electron chi connectivity index (χ0n) is 11.3. The van der Waals surface area contributed by atoms with Gasteiger partial charge in [-0.2, -0.15) is 0 Å². The minimum atomic E-state index is -0.335. The molecule has 0 spiro atoms. The van der Waals surface area contributed by atoms with Gasteiger partial charge in [0.25, 0.3) is 5.69 Å². The molecular weight excluding hydrogens is 240 g/mol. The summed E-state index contributed by atoms with van der Waals surface area (Å²) in [6.45, 7) is 3.15. The lowest BCUT2D eigenvalue weighted by Gasteiger charge is -2.05. The number of aromatic nitrogens is 1. The number of fused-ring (bicyclic) bond motifs is 1. The van der Waals surface area contributed by atoms with Crippen molar-refractivity contribution in [3.05, 3.63) is 40.6 Å². The Hall–Kier alpha value is -1.84. The van der Waals surface area contributed by atoms with Crippen molar-refractivity contribution in [1.82, 2.24) is 4.57 Å². The number of nitro groups is 1. The lowest BCUT2D eigenvalue weighted by atomic mass is 10.1. The molecule has 19 heavy (non-hydrogen) atoms. The van der Waals surface area contributed by atoms with Crippen LogP contribution in [-0.4, -0.2) is 9.49 Å². The number of hydrogen-bond acceptors (Lipinski definition) is 2. The summed E-state index contributed by atoms with van der Waals surface area (Å²) in [6, 6.07) is 7.07. The van der Waals surface area contributed by atoms with Crippen LogP contribution in [0.15, 0.2) is 30.5 Å². The maximum Gasteiger partial charge on any atom is 0.271 e. The van der Waals surface area contributed by atoms with Gasteiger partial charge < -0.3 is 4.57 Å². The van der Waals surface area contributed by atoms with Gasteiger partial charge in [-0.25, -0.2) is 0 Å². The standard InChI is InChI=1S/C15H20N2O2/c1-2-3-4-5-6-10-16-11-9-13-7-8-14(17(18)19)12-15(13)16/h7-9,11-12H,2-6,10H2,1H3. The number of aryl methyl sites for hydroxylation is 1. The van der Waals surface area contributed by atoms with Crippen molar-refractivity contribution in [1.29, 1.82) is 0 Å². The fourth-order valence-corrected chi connectivity index (χ4v) is 2.37. The molecule has 2 aromatic rings. The molecule has 0 aliphatic rings. The molecule has 0 fully saturated rings. The quantitative estimate of drug-likeness (QED) is 0.417. The van der Waals surface area contributed by atoms with E-state index in [2.05, 4.69) is 11.5 Å². The third-order valence-electron chi connectivity index (χ3n) is 3.47. The average molecular weight is 260 g/mol. The normalized spacial score (nSPS) is 11.0. The van der Waals surface area contributed by atoms with Gasteiger partial charge in [-0.3, -0.25) is 10.1 Å². The molecule has 0 unspecified atom stereocenters. The van der Waals surface area contributed by atoms with Crippen molar-refractivity contribution in [2.45, 2.75) is 45.6 Å². The van der Waals surface area contributed by atoms with Crippen molar-refractivity contribution >= 4 is 16.6 Å². The van der Waals surface area contributed by atoms with Gasteiger partial charge in [-0.05, 0) is 18.6 Å². The summed E-state index contributed by atoms with van der Waals surface area (Å²) in [5, 5.41) is 11.9. The zero-order chi connectivity index (χ0) is 13.7. The van der Waals surface area contributed by atoms with Crippen LogP contribution in [0.4, 0.5) is 5.69 Å². The van der Waals surface area contributed by atoms with Crippen molar-refractivity contribution in [2.24, 2.45) is 0 Å². The van der Waals surface area contributed by atoms with Gasteiger partial charge in [-0.1, -0.05) is 32.6 Å². The maximum atomic E-state index is 10.8. The molecule has 0 radical (unpaired) electrons. The minimum absolute atomic E-state index is 0.165. The number of benzene rings is 1. The molecule has 102 valence electrons. The highest BCUT2D eigenvalue weighted by Crippen LogP contribution is 2.22. The summed E-state index contributed by atoms with van der Waals surface area (Å²) in [7, 11) is 0. The van der Waals surface area contributed by atoms with Crippen molar-refractivity contribution < 1.29 is 4.92 Å². The van der Waals surface area contributed by atoms with Crippen LogP contribution in [0.25, 0.3) is 10.9 Å². The summed E-state index contributed by atoms with van der Waals surface area (Å²) in [5.74, 6) is 0. The molecule has 4 nitrogen and oxygen atoms in total. The van der Waals surface area contributed by atoms with Gasteiger partial charge >= 0.3 is 0 Å². The Bertz CT molecular complexity index is 560. The van der Waals surface area contributed by atoms with E-state index in [1.54, 1.807) is 12.1 Å². The first-order valence-electron chi connectivity index (χ1n) is 6.95. The van der Waals surface area contributed by atoms with E-state index < -0.39 is 0 Å². The highest BCUT2D eigenvalue weighted by molar-refractivity contribution is 5.82. The van der Waals surface area contributed by atoms with E-state index >= 15 is 0 Å². The topological polar surface area (TPSA) is 48.1 Å². The molecule has 1 heterocycles. The highest BCUT2D eigenvalue weighted by atomic mass is 16.6. The highest BCUT2D eigenvalue weighted by Gasteiger charge is 2.08. The maximum absolute atomic E-state index is 10.8. The number of rotatable bonds is 7. The summed E-state index contributed by atoms with van der Waals surface area (Å²) < 4.78 is 2.12. The van der Waals surface area contributed by atoms with Crippen molar-refractivity contribution in [2.75, 3.05) is 0 Å². The van der Waals surface area contributed by atoms with E-state index in [0.717, 1.165) is 23.9 Å². The first-order chi connectivity index (χ1) is 9.22. The van der Waals surface area contributed by atoms with Crippen LogP contribution in [-0.2, 0) is 6.54 Å². The second-order valence-corrected chi connectivity index (χ2v) is 4.92. The van der Waals surface area contributed by atoms with Crippen LogP contribution in [0.3, 0.4) is 0 Å². The van der Waals surface area contributed by atoms with Crippen molar-refractivity contribution in [3.8, 4) is 0 Å². The lowest BCUT2D eigenvalue weighted by Crippen LogP contribution is -1.96. The molecule has 0 saturated heterocycles. The summed E-state index contributed by atoms with van der Waals surface area (Å²) in [6.07, 6.45) is 8.19. The number of non-ortho nitro benzene ring substituents is 1. The smallest absolute Gasteiger partial charge is 0.271 e. The van der Waals surface area contributed by atoms with E-state index in [9.17, 15) is 10.1 Å². The summed E-state index contributed by atoms with van der Waals surface area (Å²) in [4.78, 5) is 10.5. The number of hydrogen-bond donors (Lipinski definition) is 0. The average Bonchev–Trinajstić information content (AvgIpc) is 2.81. The SMILES string of the molecule is CCCCCCCn1ccc2ccc([N+](=O)[O-])cc21. The third kappa shape index (κ3) is 3.34. The Morgan fingerprint density at radius 2 is 1.95 bits per heavy atom. The summed E-state index contributed by atoms with van der Waals surface area (Å²) >= 11 is 0. The van der Waals surface area contributed by atoms with Crippen LogP contribution < -0.4 is 0 Å². The molecule has 1 aromatic heterocycles. The molecule has 0 atom stereocenters. The van der Waals surface area contributed by atoms with Gasteiger partial charge in [0.2, 0.25) is 0 Å². The number of nitrogens with zero attached hydrogens (tertiary/aromatic N) is 2. The molecule has 0 aliphatic carbocycles. The molecule has 1 aromatic carbocycles. The Labute approximate surface area is 113 Å². The number of nitro benzene ring substituents is 1. The number of unbranched alkanes of at least 4 members (excludes halogenated alkanes) is 4. The third-order valence-corrected chi connectivity index (χ3v) is 3.47. The van der Waals surface area contributed by atoms with Crippen LogP contribution >= 0.6 is 0 Å². The van der Waals surface area contributed by atoms with Crippen molar-refractivity contribution in [3.63, 3.8) is 0 Å². The zero-order valence-corrected chi connectivity index (χ0v) is 11.3. The second kappa shape index (κ2) is 6.36. The van der Waals surface area contributed by atoms with Crippen LogP contribution in [0.5, 0.6) is 0 Å². The summed E-state index contributed by atoms with van der Waals surface area (Å²) in [5.41, 5.74) is 1.13. The van der Waals surface area contributed by atoms with E-state index in [4.69, 9.17) is 0 Å². The van der Waals surface area contributed by atoms with Crippen LogP contribution in [0.1, 0.15) is 39.0 Å². The molecule has 2 rings (SSSR count). The second-order valence-electron chi connectivity index (χ2n) is 4.92. The molecule has 0 saturated carbocycles. The Morgan fingerprint density at radius 3 is 2.68 bits per heavy atom. The van der Waals surface area contributed by atoms with E-state index in [1.165, 1.54) is 25.7 Å². The lowest BCUT2D eigenvalue weighted by molar-refractivity contribution is -0.384.